The van der Waals surface area contributed by atoms with E-state index in [2.05, 4.69) is 10.6 Å². The number of carbonyl (C=O) groups is 3. The predicted molar refractivity (Wildman–Crippen MR) is 91.7 cm³/mol. The average Bonchev–Trinajstić information content (AvgIpc) is 3.02. The molecule has 0 unspecified atom stereocenters. The minimum absolute atomic E-state index is 0.336. The quantitative estimate of drug-likeness (QED) is 0.835. The molecule has 0 spiro atoms. The number of fused-ring (bicyclic) bond motifs is 1. The van der Waals surface area contributed by atoms with Gasteiger partial charge in [0.15, 0.2) is 5.54 Å². The van der Waals surface area contributed by atoms with Crippen molar-refractivity contribution in [3.63, 3.8) is 0 Å². The summed E-state index contributed by atoms with van der Waals surface area (Å²) in [7, 11) is 0. The van der Waals surface area contributed by atoms with Crippen LogP contribution in [0.5, 0.6) is 0 Å². The second kappa shape index (κ2) is 5.61. The van der Waals surface area contributed by atoms with Gasteiger partial charge in [0.2, 0.25) is 5.91 Å². The Morgan fingerprint density at radius 2 is 1.96 bits per heavy atom. The highest BCUT2D eigenvalue weighted by Gasteiger charge is 2.51. The molecule has 3 rings (SSSR count). The van der Waals surface area contributed by atoms with Crippen LogP contribution in [0.2, 0.25) is 0 Å². The van der Waals surface area contributed by atoms with Gasteiger partial charge in [0.25, 0.3) is 5.91 Å². The lowest BCUT2D eigenvalue weighted by atomic mass is 9.99. The summed E-state index contributed by atoms with van der Waals surface area (Å²) in [5, 5.41) is 6.22. The molecule has 1 saturated heterocycles. The van der Waals surface area contributed by atoms with E-state index in [1.165, 1.54) is 0 Å². The van der Waals surface area contributed by atoms with Crippen LogP contribution < -0.4 is 10.6 Å². The van der Waals surface area contributed by atoms with Crippen molar-refractivity contribution in [2.75, 3.05) is 6.54 Å². The van der Waals surface area contributed by atoms with E-state index in [0.29, 0.717) is 11.3 Å². The van der Waals surface area contributed by atoms with Crippen LogP contribution in [0.3, 0.4) is 0 Å². The summed E-state index contributed by atoms with van der Waals surface area (Å²) in [5.41, 5.74) is -1.15. The van der Waals surface area contributed by atoms with Gasteiger partial charge < -0.3 is 15.1 Å². The zero-order valence-corrected chi connectivity index (χ0v) is 14.7. The summed E-state index contributed by atoms with van der Waals surface area (Å²) >= 11 is 0. The molecule has 1 atom stereocenters. The number of hydrogen-bond acceptors (Lipinski definition) is 4. The number of benzene rings is 1. The van der Waals surface area contributed by atoms with Gasteiger partial charge in [-0.25, -0.2) is 4.79 Å². The third-order valence-electron chi connectivity index (χ3n) is 4.01. The molecule has 7 heteroatoms. The maximum Gasteiger partial charge on any atom is 0.325 e. The second-order valence-electron chi connectivity index (χ2n) is 7.39. The van der Waals surface area contributed by atoms with Gasteiger partial charge in [-0.15, -0.1) is 0 Å². The van der Waals surface area contributed by atoms with Crippen LogP contribution in [0.15, 0.2) is 34.7 Å². The number of rotatable bonds is 3. The van der Waals surface area contributed by atoms with Crippen molar-refractivity contribution in [2.45, 2.75) is 38.8 Å². The van der Waals surface area contributed by atoms with Gasteiger partial charge in [-0.3, -0.25) is 14.5 Å². The largest absolute Gasteiger partial charge is 0.458 e. The smallest absolute Gasteiger partial charge is 0.325 e. The Balaban J connectivity index is 1.85. The molecule has 0 saturated carbocycles. The van der Waals surface area contributed by atoms with E-state index in [9.17, 15) is 14.4 Å². The van der Waals surface area contributed by atoms with Gasteiger partial charge in [-0.2, -0.15) is 0 Å². The molecular formula is C18H21N3O4. The Kier molecular flexibility index (Phi) is 3.82. The summed E-state index contributed by atoms with van der Waals surface area (Å²) in [6, 6.07) is 8.46. The van der Waals surface area contributed by atoms with Crippen LogP contribution in [-0.4, -0.2) is 34.8 Å². The number of para-hydroxylation sites is 1. The lowest BCUT2D eigenvalue weighted by Crippen LogP contribution is -2.48. The second-order valence-corrected chi connectivity index (χ2v) is 7.39. The number of furan rings is 1. The molecule has 1 aromatic carbocycles. The molecule has 1 fully saturated rings. The van der Waals surface area contributed by atoms with Crippen LogP contribution in [0.1, 0.15) is 33.5 Å². The summed E-state index contributed by atoms with van der Waals surface area (Å²) < 4.78 is 5.74. The third-order valence-corrected chi connectivity index (χ3v) is 4.01. The van der Waals surface area contributed by atoms with E-state index in [0.717, 1.165) is 10.3 Å². The highest BCUT2D eigenvalue weighted by molar-refractivity contribution is 6.09. The molecule has 2 N–H and O–H groups in total. The van der Waals surface area contributed by atoms with Crippen LogP contribution >= 0.6 is 0 Å². The van der Waals surface area contributed by atoms with E-state index < -0.39 is 28.9 Å². The average molecular weight is 343 g/mol. The molecule has 0 aliphatic carbocycles. The molecule has 7 nitrogen and oxygen atoms in total. The SMILES string of the molecule is CC(C)(C)NC(=O)CN1C(=O)N[C@](C)(c2cc3ccccc3o2)C1=O. The molecule has 2 heterocycles. The first-order chi connectivity index (χ1) is 11.6. The van der Waals surface area contributed by atoms with Crippen LogP contribution in [0.4, 0.5) is 4.79 Å². The number of imide groups is 1. The highest BCUT2D eigenvalue weighted by atomic mass is 16.3. The van der Waals surface area contributed by atoms with Crippen molar-refractivity contribution in [1.29, 1.82) is 0 Å². The summed E-state index contributed by atoms with van der Waals surface area (Å²) in [6.07, 6.45) is 0. The predicted octanol–water partition coefficient (Wildman–Crippen LogP) is 2.11. The van der Waals surface area contributed by atoms with Crippen molar-refractivity contribution in [3.8, 4) is 0 Å². The molecule has 25 heavy (non-hydrogen) atoms. The standard InChI is InChI=1S/C18H21N3O4/c1-17(2,3)19-14(22)10-21-15(23)18(4,20-16(21)24)13-9-11-7-5-6-8-12(11)25-13/h5-9H,10H2,1-4H3,(H,19,22)(H,20,24)/t18-/m1/s1. The first-order valence-corrected chi connectivity index (χ1v) is 8.04. The fourth-order valence-electron chi connectivity index (χ4n) is 2.84. The Hall–Kier alpha value is -2.83. The van der Waals surface area contributed by atoms with Gasteiger partial charge >= 0.3 is 6.03 Å². The number of nitrogens with zero attached hydrogens (tertiary/aromatic N) is 1. The third kappa shape index (κ3) is 3.09. The molecule has 4 amide bonds. The van der Waals surface area contributed by atoms with Gasteiger partial charge in [0, 0.05) is 10.9 Å². The van der Waals surface area contributed by atoms with E-state index >= 15 is 0 Å². The molecule has 1 aromatic heterocycles. The zero-order chi connectivity index (χ0) is 18.4. The molecule has 0 bridgehead atoms. The highest BCUT2D eigenvalue weighted by Crippen LogP contribution is 2.32. The normalized spacial score (nSPS) is 20.9. The van der Waals surface area contributed by atoms with Gasteiger partial charge in [0.1, 0.15) is 17.9 Å². The molecule has 0 radical (unpaired) electrons. The topological polar surface area (TPSA) is 91.7 Å². The van der Waals surface area contributed by atoms with Crippen molar-refractivity contribution < 1.29 is 18.8 Å². The number of hydrogen-bond donors (Lipinski definition) is 2. The lowest BCUT2D eigenvalue weighted by Gasteiger charge is -2.22. The minimum Gasteiger partial charge on any atom is -0.458 e. The van der Waals surface area contributed by atoms with Gasteiger partial charge in [-0.1, -0.05) is 18.2 Å². The fourth-order valence-corrected chi connectivity index (χ4v) is 2.84. The first kappa shape index (κ1) is 17.0. The molecular weight excluding hydrogens is 322 g/mol. The fraction of sp³-hybridized carbons (Fsp3) is 0.389. The van der Waals surface area contributed by atoms with Crippen molar-refractivity contribution in [3.05, 3.63) is 36.1 Å². The Labute approximate surface area is 145 Å². The van der Waals surface area contributed by atoms with Crippen molar-refractivity contribution in [1.82, 2.24) is 15.5 Å². The maximum absolute atomic E-state index is 12.8. The molecule has 132 valence electrons. The van der Waals surface area contributed by atoms with Crippen molar-refractivity contribution >= 4 is 28.8 Å². The number of urea groups is 1. The number of amides is 4. The molecule has 1 aliphatic rings. The Morgan fingerprint density at radius 1 is 1.28 bits per heavy atom. The van der Waals surface area contributed by atoms with E-state index in [1.807, 2.05) is 39.0 Å². The first-order valence-electron chi connectivity index (χ1n) is 8.04. The van der Waals surface area contributed by atoms with E-state index in [1.54, 1.807) is 19.1 Å². The molecule has 2 aromatic rings. The maximum atomic E-state index is 12.8. The van der Waals surface area contributed by atoms with Gasteiger partial charge in [0.05, 0.1) is 0 Å². The lowest BCUT2D eigenvalue weighted by molar-refractivity contribution is -0.135. The van der Waals surface area contributed by atoms with Gasteiger partial charge in [-0.05, 0) is 39.8 Å². The van der Waals surface area contributed by atoms with E-state index in [-0.39, 0.29) is 6.54 Å². The van der Waals surface area contributed by atoms with Crippen LogP contribution in [0.25, 0.3) is 11.0 Å². The van der Waals surface area contributed by atoms with Crippen molar-refractivity contribution in [2.24, 2.45) is 0 Å². The Bertz CT molecular complexity index is 832. The van der Waals surface area contributed by atoms with E-state index in [4.69, 9.17) is 4.42 Å². The zero-order valence-electron chi connectivity index (χ0n) is 14.7. The van der Waals surface area contributed by atoms with Crippen LogP contribution in [0, 0.1) is 0 Å². The van der Waals surface area contributed by atoms with Crippen LogP contribution in [-0.2, 0) is 15.1 Å². The minimum atomic E-state index is -1.34. The summed E-state index contributed by atoms with van der Waals surface area (Å²) in [4.78, 5) is 38.1. The summed E-state index contributed by atoms with van der Waals surface area (Å²) in [6.45, 7) is 6.73. The number of nitrogens with one attached hydrogen (secondary N) is 2. The molecule has 1 aliphatic heterocycles. The Morgan fingerprint density at radius 3 is 2.60 bits per heavy atom. The monoisotopic (exact) mass is 343 g/mol. The summed E-state index contributed by atoms with van der Waals surface area (Å²) in [5.74, 6) is -0.573. The number of carbonyl (C=O) groups excluding carboxylic acids is 3.